The van der Waals surface area contributed by atoms with Crippen molar-refractivity contribution >= 4 is 23.0 Å². The Hall–Kier alpha value is -1.92. The van der Waals surface area contributed by atoms with Crippen LogP contribution < -0.4 is 0 Å². The molecule has 0 aromatic carbocycles. The van der Waals surface area contributed by atoms with Crippen molar-refractivity contribution in [1.82, 2.24) is 9.88 Å². The van der Waals surface area contributed by atoms with Gasteiger partial charge in [-0.2, -0.15) is 11.3 Å². The lowest BCUT2D eigenvalue weighted by molar-refractivity contribution is 0.0679. The maximum Gasteiger partial charge on any atom is 0.256 e. The summed E-state index contributed by atoms with van der Waals surface area (Å²) in [5.41, 5.74) is 3.63. The molecule has 0 atom stereocenters. The zero-order valence-electron chi connectivity index (χ0n) is 13.9. The van der Waals surface area contributed by atoms with Crippen LogP contribution in [0.2, 0.25) is 0 Å². The number of amides is 1. The number of methoxy groups -OCH3 is 1. The maximum atomic E-state index is 13.0. The Labute approximate surface area is 140 Å². The summed E-state index contributed by atoms with van der Waals surface area (Å²) < 4.78 is 5.13. The number of hydrogen-bond donors (Lipinski definition) is 1. The molecule has 2 heterocycles. The zero-order chi connectivity index (χ0) is 17.0. The van der Waals surface area contributed by atoms with E-state index >= 15 is 0 Å². The lowest BCUT2D eigenvalue weighted by Gasteiger charge is -2.22. The van der Waals surface area contributed by atoms with E-state index in [4.69, 9.17) is 4.74 Å². The number of carbonyl (C=O) groups is 2. The number of ketones is 1. The second-order valence-electron chi connectivity index (χ2n) is 5.53. The fourth-order valence-corrected chi connectivity index (χ4v) is 3.30. The van der Waals surface area contributed by atoms with Crippen molar-refractivity contribution in [3.05, 3.63) is 44.9 Å². The van der Waals surface area contributed by atoms with Crippen molar-refractivity contribution in [2.75, 3.05) is 20.3 Å². The number of Topliss-reactive ketones (excluding diaryl/α,β-unsaturated/α-hetero) is 1. The van der Waals surface area contributed by atoms with E-state index in [1.807, 2.05) is 30.7 Å². The first-order chi connectivity index (χ1) is 11.0. The number of aryl methyl sites for hydroxylation is 1. The number of ether oxygens (including phenoxy) is 1. The lowest BCUT2D eigenvalue weighted by atomic mass is 10.1. The van der Waals surface area contributed by atoms with Gasteiger partial charge in [-0.15, -0.1) is 0 Å². The Bertz CT molecular complexity index is 689. The van der Waals surface area contributed by atoms with Crippen LogP contribution in [0.3, 0.4) is 0 Å². The van der Waals surface area contributed by atoms with E-state index in [0.29, 0.717) is 36.5 Å². The Morgan fingerprint density at radius 2 is 2.09 bits per heavy atom. The number of rotatable bonds is 7. The van der Waals surface area contributed by atoms with Gasteiger partial charge >= 0.3 is 0 Å². The molecule has 23 heavy (non-hydrogen) atoms. The number of hydrogen-bond acceptors (Lipinski definition) is 4. The fourth-order valence-electron chi connectivity index (χ4n) is 2.64. The monoisotopic (exact) mass is 334 g/mol. The van der Waals surface area contributed by atoms with E-state index in [1.165, 1.54) is 6.92 Å². The Morgan fingerprint density at radius 3 is 2.61 bits per heavy atom. The molecule has 0 radical (unpaired) electrons. The van der Waals surface area contributed by atoms with Gasteiger partial charge in [0.2, 0.25) is 0 Å². The second kappa shape index (κ2) is 7.57. The number of thiophene rings is 1. The lowest BCUT2D eigenvalue weighted by Crippen LogP contribution is -2.34. The molecule has 0 aliphatic carbocycles. The summed E-state index contributed by atoms with van der Waals surface area (Å²) in [5.74, 6) is -0.141. The summed E-state index contributed by atoms with van der Waals surface area (Å²) in [6, 6.07) is 2.01. The standard InChI is InChI=1S/C17H22N2O3S/c1-11-15(12(2)18-16(11)13(3)20)17(21)19(6-7-22-4)9-14-5-8-23-10-14/h5,8,10,18H,6-7,9H2,1-4H3. The number of nitrogens with zero attached hydrogens (tertiary/aromatic N) is 1. The van der Waals surface area contributed by atoms with Crippen molar-refractivity contribution < 1.29 is 14.3 Å². The minimum Gasteiger partial charge on any atom is -0.383 e. The first-order valence-corrected chi connectivity index (χ1v) is 8.39. The highest BCUT2D eigenvalue weighted by atomic mass is 32.1. The number of H-pyrrole nitrogens is 1. The normalized spacial score (nSPS) is 10.8. The molecule has 0 fully saturated rings. The summed E-state index contributed by atoms with van der Waals surface area (Å²) in [7, 11) is 1.62. The molecule has 1 amide bonds. The van der Waals surface area contributed by atoms with E-state index in [-0.39, 0.29) is 11.7 Å². The quantitative estimate of drug-likeness (QED) is 0.791. The third kappa shape index (κ3) is 3.89. The molecule has 2 aromatic heterocycles. The molecule has 0 aliphatic rings. The average molecular weight is 334 g/mol. The van der Waals surface area contributed by atoms with Crippen molar-refractivity contribution in [2.45, 2.75) is 27.3 Å². The van der Waals surface area contributed by atoms with Gasteiger partial charge in [0.25, 0.3) is 5.91 Å². The maximum absolute atomic E-state index is 13.0. The highest BCUT2D eigenvalue weighted by Crippen LogP contribution is 2.21. The Kier molecular flexibility index (Phi) is 5.74. The number of aromatic amines is 1. The molecule has 5 nitrogen and oxygen atoms in total. The predicted octanol–water partition coefficient (Wildman–Crippen LogP) is 3.18. The largest absolute Gasteiger partial charge is 0.383 e. The molecular weight excluding hydrogens is 312 g/mol. The number of carbonyl (C=O) groups excluding carboxylic acids is 2. The molecule has 6 heteroatoms. The van der Waals surface area contributed by atoms with Gasteiger partial charge in [-0.3, -0.25) is 9.59 Å². The average Bonchev–Trinajstić information content (AvgIpc) is 3.11. The minimum absolute atomic E-state index is 0.0640. The summed E-state index contributed by atoms with van der Waals surface area (Å²) in [5, 5.41) is 4.03. The van der Waals surface area contributed by atoms with E-state index < -0.39 is 0 Å². The van der Waals surface area contributed by atoms with Gasteiger partial charge in [-0.05, 0) is 41.8 Å². The first kappa shape index (κ1) is 17.4. The third-order valence-electron chi connectivity index (χ3n) is 3.81. The molecule has 2 rings (SSSR count). The summed E-state index contributed by atoms with van der Waals surface area (Å²) in [6.07, 6.45) is 0. The number of aromatic nitrogens is 1. The van der Waals surface area contributed by atoms with Crippen LogP contribution in [0, 0.1) is 13.8 Å². The predicted molar refractivity (Wildman–Crippen MR) is 91.2 cm³/mol. The zero-order valence-corrected chi connectivity index (χ0v) is 14.8. The van der Waals surface area contributed by atoms with Gasteiger partial charge in [0.1, 0.15) is 0 Å². The molecule has 0 saturated carbocycles. The summed E-state index contributed by atoms with van der Waals surface area (Å²) in [4.78, 5) is 29.5. The van der Waals surface area contributed by atoms with Gasteiger partial charge < -0.3 is 14.6 Å². The third-order valence-corrected chi connectivity index (χ3v) is 4.54. The molecule has 1 N–H and O–H groups in total. The van der Waals surface area contributed by atoms with Gasteiger partial charge in [0.05, 0.1) is 17.9 Å². The molecule has 0 bridgehead atoms. The van der Waals surface area contributed by atoms with Crippen LogP contribution in [0.4, 0.5) is 0 Å². The van der Waals surface area contributed by atoms with Crippen LogP contribution >= 0.6 is 11.3 Å². The van der Waals surface area contributed by atoms with Crippen LogP contribution in [0.1, 0.15) is 44.6 Å². The van der Waals surface area contributed by atoms with E-state index in [0.717, 1.165) is 11.3 Å². The SMILES string of the molecule is COCCN(Cc1ccsc1)C(=O)c1c(C)[nH]c(C(C)=O)c1C. The van der Waals surface area contributed by atoms with E-state index in [1.54, 1.807) is 23.3 Å². The van der Waals surface area contributed by atoms with Crippen LogP contribution in [-0.2, 0) is 11.3 Å². The molecule has 0 saturated heterocycles. The van der Waals surface area contributed by atoms with Crippen molar-refractivity contribution in [3.8, 4) is 0 Å². The van der Waals surface area contributed by atoms with Crippen LogP contribution in [0.25, 0.3) is 0 Å². The highest BCUT2D eigenvalue weighted by Gasteiger charge is 2.24. The fraction of sp³-hybridized carbons (Fsp3) is 0.412. The van der Waals surface area contributed by atoms with Gasteiger partial charge in [-0.25, -0.2) is 0 Å². The summed E-state index contributed by atoms with van der Waals surface area (Å²) in [6.45, 7) is 6.65. The van der Waals surface area contributed by atoms with Gasteiger partial charge in [0.15, 0.2) is 5.78 Å². The Morgan fingerprint density at radius 1 is 1.35 bits per heavy atom. The summed E-state index contributed by atoms with van der Waals surface area (Å²) >= 11 is 1.61. The highest BCUT2D eigenvalue weighted by molar-refractivity contribution is 7.07. The smallest absolute Gasteiger partial charge is 0.256 e. The minimum atomic E-state index is -0.0769. The van der Waals surface area contributed by atoms with Gasteiger partial charge in [0, 0.05) is 32.8 Å². The van der Waals surface area contributed by atoms with Crippen LogP contribution in [0.5, 0.6) is 0 Å². The second-order valence-corrected chi connectivity index (χ2v) is 6.31. The van der Waals surface area contributed by atoms with Crippen LogP contribution in [-0.4, -0.2) is 41.8 Å². The van der Waals surface area contributed by atoms with E-state index in [9.17, 15) is 9.59 Å². The topological polar surface area (TPSA) is 62.4 Å². The number of nitrogens with one attached hydrogen (secondary N) is 1. The molecule has 124 valence electrons. The van der Waals surface area contributed by atoms with Crippen molar-refractivity contribution in [3.63, 3.8) is 0 Å². The molecule has 2 aromatic rings. The molecular formula is C17H22N2O3S. The first-order valence-electron chi connectivity index (χ1n) is 7.45. The van der Waals surface area contributed by atoms with Crippen molar-refractivity contribution in [1.29, 1.82) is 0 Å². The molecule has 0 spiro atoms. The van der Waals surface area contributed by atoms with Gasteiger partial charge in [-0.1, -0.05) is 0 Å². The van der Waals surface area contributed by atoms with Crippen molar-refractivity contribution in [2.24, 2.45) is 0 Å². The molecule has 0 unspecified atom stereocenters. The molecule has 0 aliphatic heterocycles. The Balaban J connectivity index is 2.31. The van der Waals surface area contributed by atoms with Crippen LogP contribution in [0.15, 0.2) is 16.8 Å². The van der Waals surface area contributed by atoms with E-state index in [2.05, 4.69) is 4.98 Å².